The molecule has 158 valence electrons. The van der Waals surface area contributed by atoms with Crippen LogP contribution in [-0.2, 0) is 25.4 Å². The Morgan fingerprint density at radius 1 is 1.10 bits per heavy atom. The molecule has 0 radical (unpaired) electrons. The average molecular weight is 412 g/mol. The minimum atomic E-state index is -0.391. The summed E-state index contributed by atoms with van der Waals surface area (Å²) in [5, 5.41) is 0. The molecular weight excluding hydrogens is 388 g/mol. The van der Waals surface area contributed by atoms with E-state index in [1.807, 2.05) is 12.1 Å². The van der Waals surface area contributed by atoms with Gasteiger partial charge in [-0.05, 0) is 35.9 Å². The van der Waals surface area contributed by atoms with Gasteiger partial charge < -0.3 is 23.8 Å². The Morgan fingerprint density at radius 3 is 2.40 bits per heavy atom. The number of hydrogen-bond donors (Lipinski definition) is 0. The first-order valence-electron chi connectivity index (χ1n) is 9.87. The molecule has 2 aliphatic rings. The number of rotatable bonds is 5. The number of methoxy groups -OCH3 is 1. The fraction of sp³-hybridized carbons (Fsp3) is 0.409. The molecule has 8 heteroatoms. The van der Waals surface area contributed by atoms with Gasteiger partial charge in [0.05, 0.1) is 32.3 Å². The van der Waals surface area contributed by atoms with Crippen LogP contribution < -0.4 is 4.74 Å². The van der Waals surface area contributed by atoms with Crippen molar-refractivity contribution in [1.29, 1.82) is 0 Å². The molecule has 1 amide bonds. The Labute approximate surface area is 174 Å². The molecule has 2 saturated heterocycles. The summed E-state index contributed by atoms with van der Waals surface area (Å²) in [7, 11) is 1.34. The SMILES string of the molecule is COC(=O)c1ccc(OC2CO[C@H]3CN(C(=O)Cc4cccnc4)C[C@@H]3OC2)cc1. The summed E-state index contributed by atoms with van der Waals surface area (Å²) in [5.74, 6) is 0.278. The Kier molecular flexibility index (Phi) is 6.25. The normalized spacial score (nSPS) is 21.6. The molecule has 1 aromatic carbocycles. The number of ether oxygens (including phenoxy) is 4. The van der Waals surface area contributed by atoms with Crippen LogP contribution >= 0.6 is 0 Å². The van der Waals surface area contributed by atoms with Crippen molar-refractivity contribution in [1.82, 2.24) is 9.88 Å². The zero-order valence-corrected chi connectivity index (χ0v) is 16.7. The first-order chi connectivity index (χ1) is 14.6. The monoisotopic (exact) mass is 412 g/mol. The molecule has 0 saturated carbocycles. The maximum absolute atomic E-state index is 12.6. The van der Waals surface area contributed by atoms with Crippen molar-refractivity contribution in [3.8, 4) is 5.75 Å². The van der Waals surface area contributed by atoms with Gasteiger partial charge in [-0.1, -0.05) is 6.07 Å². The first kappa shape index (κ1) is 20.3. The highest BCUT2D eigenvalue weighted by molar-refractivity contribution is 5.89. The van der Waals surface area contributed by atoms with Gasteiger partial charge in [-0.2, -0.15) is 0 Å². The number of fused-ring (bicyclic) bond motifs is 1. The number of likely N-dealkylation sites (tertiary alicyclic amines) is 1. The molecule has 2 aromatic rings. The molecule has 8 nitrogen and oxygen atoms in total. The van der Waals surface area contributed by atoms with E-state index in [9.17, 15) is 9.59 Å². The van der Waals surface area contributed by atoms with Gasteiger partial charge in [-0.15, -0.1) is 0 Å². The molecule has 4 rings (SSSR count). The first-order valence-corrected chi connectivity index (χ1v) is 9.87. The lowest BCUT2D eigenvalue weighted by Crippen LogP contribution is -2.33. The Hall–Kier alpha value is -2.97. The number of aromatic nitrogens is 1. The van der Waals surface area contributed by atoms with E-state index in [-0.39, 0.29) is 24.2 Å². The summed E-state index contributed by atoms with van der Waals surface area (Å²) in [5.41, 5.74) is 1.35. The number of esters is 1. The molecule has 1 aromatic heterocycles. The number of nitrogens with zero attached hydrogens (tertiary/aromatic N) is 2. The van der Waals surface area contributed by atoms with Gasteiger partial charge in [0.15, 0.2) is 0 Å². The summed E-state index contributed by atoms with van der Waals surface area (Å²) in [4.78, 5) is 29.9. The fourth-order valence-corrected chi connectivity index (χ4v) is 3.61. The second-order valence-corrected chi connectivity index (χ2v) is 7.34. The van der Waals surface area contributed by atoms with Crippen LogP contribution in [0, 0.1) is 0 Å². The van der Waals surface area contributed by atoms with Crippen LogP contribution in [0.1, 0.15) is 15.9 Å². The molecule has 2 fully saturated rings. The minimum absolute atomic E-state index is 0.0433. The third-order valence-corrected chi connectivity index (χ3v) is 5.22. The molecule has 2 aliphatic heterocycles. The molecule has 3 heterocycles. The van der Waals surface area contributed by atoms with E-state index in [1.165, 1.54) is 7.11 Å². The van der Waals surface area contributed by atoms with E-state index in [1.54, 1.807) is 41.6 Å². The number of hydrogen-bond acceptors (Lipinski definition) is 7. The molecule has 0 bridgehead atoms. The van der Waals surface area contributed by atoms with Crippen LogP contribution in [0.4, 0.5) is 0 Å². The summed E-state index contributed by atoms with van der Waals surface area (Å²) in [6.45, 7) is 1.74. The third kappa shape index (κ3) is 4.77. The maximum Gasteiger partial charge on any atom is 0.337 e. The molecule has 0 aliphatic carbocycles. The second kappa shape index (κ2) is 9.23. The summed E-state index contributed by atoms with van der Waals surface area (Å²) < 4.78 is 22.6. The highest BCUT2D eigenvalue weighted by Crippen LogP contribution is 2.23. The molecule has 0 spiro atoms. The van der Waals surface area contributed by atoms with Crippen molar-refractivity contribution < 1.29 is 28.5 Å². The highest BCUT2D eigenvalue weighted by atomic mass is 16.6. The van der Waals surface area contributed by atoms with Crippen LogP contribution in [-0.4, -0.2) is 73.5 Å². The number of carbonyl (C=O) groups is 2. The van der Waals surface area contributed by atoms with Crippen LogP contribution in [0.3, 0.4) is 0 Å². The Balaban J connectivity index is 1.28. The highest BCUT2D eigenvalue weighted by Gasteiger charge is 2.39. The molecule has 0 unspecified atom stereocenters. The molecular formula is C22H24N2O6. The van der Waals surface area contributed by atoms with E-state index < -0.39 is 5.97 Å². The lowest BCUT2D eigenvalue weighted by molar-refractivity contribution is -0.130. The van der Waals surface area contributed by atoms with Crippen molar-refractivity contribution in [3.05, 3.63) is 59.9 Å². The Bertz CT molecular complexity index is 857. The molecule has 2 atom stereocenters. The van der Waals surface area contributed by atoms with Gasteiger partial charge >= 0.3 is 5.97 Å². The topological polar surface area (TPSA) is 87.2 Å². The average Bonchev–Trinajstić information content (AvgIpc) is 3.10. The van der Waals surface area contributed by atoms with Crippen molar-refractivity contribution in [2.75, 3.05) is 33.4 Å². The van der Waals surface area contributed by atoms with E-state index in [0.29, 0.717) is 44.0 Å². The standard InChI is InChI=1S/C22H24N2O6/c1-27-22(26)16-4-6-17(7-5-16)30-18-13-28-19-11-24(12-20(19)29-14-18)21(25)9-15-3-2-8-23-10-15/h2-8,10,18-20H,9,11-14H2,1H3/t19-,20-/m0/s1. The van der Waals surface area contributed by atoms with Crippen molar-refractivity contribution >= 4 is 11.9 Å². The van der Waals surface area contributed by atoms with Crippen molar-refractivity contribution in [3.63, 3.8) is 0 Å². The van der Waals surface area contributed by atoms with Gasteiger partial charge in [0.1, 0.15) is 24.1 Å². The van der Waals surface area contributed by atoms with Crippen LogP contribution in [0.15, 0.2) is 48.8 Å². The number of carbonyl (C=O) groups excluding carboxylic acids is 2. The van der Waals surface area contributed by atoms with Gasteiger partial charge in [0.2, 0.25) is 5.91 Å². The van der Waals surface area contributed by atoms with Crippen LogP contribution in [0.5, 0.6) is 5.75 Å². The van der Waals surface area contributed by atoms with Crippen molar-refractivity contribution in [2.24, 2.45) is 0 Å². The smallest absolute Gasteiger partial charge is 0.337 e. The number of benzene rings is 1. The lowest BCUT2D eigenvalue weighted by Gasteiger charge is -2.19. The minimum Gasteiger partial charge on any atom is -0.486 e. The van der Waals surface area contributed by atoms with Crippen LogP contribution in [0.2, 0.25) is 0 Å². The quantitative estimate of drug-likeness (QED) is 0.688. The fourth-order valence-electron chi connectivity index (χ4n) is 3.61. The summed E-state index contributed by atoms with van der Waals surface area (Å²) in [6, 6.07) is 10.5. The van der Waals surface area contributed by atoms with E-state index in [0.717, 1.165) is 5.56 Å². The van der Waals surface area contributed by atoms with Crippen LogP contribution in [0.25, 0.3) is 0 Å². The predicted molar refractivity (Wildman–Crippen MR) is 106 cm³/mol. The molecule has 30 heavy (non-hydrogen) atoms. The molecule has 0 N–H and O–H groups in total. The second-order valence-electron chi connectivity index (χ2n) is 7.34. The lowest BCUT2D eigenvalue weighted by atomic mass is 10.2. The van der Waals surface area contributed by atoms with Crippen molar-refractivity contribution in [2.45, 2.75) is 24.7 Å². The largest absolute Gasteiger partial charge is 0.486 e. The van der Waals surface area contributed by atoms with E-state index >= 15 is 0 Å². The van der Waals surface area contributed by atoms with E-state index in [4.69, 9.17) is 18.9 Å². The number of pyridine rings is 1. The van der Waals surface area contributed by atoms with Gasteiger partial charge in [0, 0.05) is 25.5 Å². The number of amides is 1. The van der Waals surface area contributed by atoms with E-state index in [2.05, 4.69) is 4.98 Å². The van der Waals surface area contributed by atoms with Gasteiger partial charge in [0.25, 0.3) is 0 Å². The summed E-state index contributed by atoms with van der Waals surface area (Å²) in [6.07, 6.45) is 3.12. The predicted octanol–water partition coefficient (Wildman–Crippen LogP) is 1.48. The zero-order chi connectivity index (χ0) is 20.9. The third-order valence-electron chi connectivity index (χ3n) is 5.22. The zero-order valence-electron chi connectivity index (χ0n) is 16.7. The Morgan fingerprint density at radius 2 is 1.80 bits per heavy atom. The van der Waals surface area contributed by atoms with Gasteiger partial charge in [-0.25, -0.2) is 4.79 Å². The van der Waals surface area contributed by atoms with Gasteiger partial charge in [-0.3, -0.25) is 9.78 Å². The maximum atomic E-state index is 12.6. The summed E-state index contributed by atoms with van der Waals surface area (Å²) >= 11 is 0.